The van der Waals surface area contributed by atoms with E-state index in [1.54, 1.807) is 0 Å². The van der Waals surface area contributed by atoms with E-state index in [-0.39, 0.29) is 11.1 Å². The molecule has 0 aliphatic carbocycles. The lowest BCUT2D eigenvalue weighted by molar-refractivity contribution is -0.142. The number of carboxylic acids is 1. The number of nitrogens with one attached hydrogen (secondary N) is 2. The SMILES string of the molecule is O=C1NC(=O)C(CCC(F)(F)F)(c2ccc(C(=O)O)cc2)N1. The summed E-state index contributed by atoms with van der Waals surface area (Å²) >= 11 is 0. The third kappa shape index (κ3) is 3.02. The van der Waals surface area contributed by atoms with Gasteiger partial charge in [-0.25, -0.2) is 9.59 Å². The third-order valence-electron chi connectivity index (χ3n) is 3.35. The molecule has 0 saturated carbocycles. The molecule has 1 unspecified atom stereocenters. The molecule has 118 valence electrons. The first kappa shape index (κ1) is 15.8. The predicted octanol–water partition coefficient (Wildman–Crippen LogP) is 1.76. The van der Waals surface area contributed by atoms with Gasteiger partial charge in [0, 0.05) is 6.42 Å². The molecule has 1 aromatic rings. The number of imide groups is 1. The first-order valence-electron chi connectivity index (χ1n) is 6.18. The first-order chi connectivity index (χ1) is 10.1. The summed E-state index contributed by atoms with van der Waals surface area (Å²) in [4.78, 5) is 34.1. The monoisotopic (exact) mass is 316 g/mol. The first-order valence-corrected chi connectivity index (χ1v) is 6.18. The molecule has 3 N–H and O–H groups in total. The number of benzene rings is 1. The van der Waals surface area contributed by atoms with E-state index in [4.69, 9.17) is 5.11 Å². The van der Waals surface area contributed by atoms with Crippen LogP contribution in [0.2, 0.25) is 0 Å². The van der Waals surface area contributed by atoms with Crippen LogP contribution in [0, 0.1) is 0 Å². The Morgan fingerprint density at radius 1 is 1.18 bits per heavy atom. The molecule has 1 fully saturated rings. The molecule has 1 aliphatic rings. The fraction of sp³-hybridized carbons (Fsp3) is 0.308. The van der Waals surface area contributed by atoms with Crippen LogP contribution in [0.5, 0.6) is 0 Å². The summed E-state index contributed by atoms with van der Waals surface area (Å²) in [7, 11) is 0. The molecule has 1 saturated heterocycles. The Balaban J connectivity index is 2.38. The summed E-state index contributed by atoms with van der Waals surface area (Å²) in [5, 5.41) is 12.9. The Morgan fingerprint density at radius 3 is 2.18 bits per heavy atom. The van der Waals surface area contributed by atoms with E-state index in [0.29, 0.717) is 0 Å². The minimum absolute atomic E-state index is 0.0838. The summed E-state index contributed by atoms with van der Waals surface area (Å²) in [5.41, 5.74) is -1.85. The minimum Gasteiger partial charge on any atom is -0.478 e. The van der Waals surface area contributed by atoms with Gasteiger partial charge in [-0.2, -0.15) is 13.2 Å². The van der Waals surface area contributed by atoms with E-state index >= 15 is 0 Å². The standard InChI is InChI=1S/C13H11F3N2O4/c14-13(15,16)6-5-12(10(21)17-11(22)18-12)8-3-1-7(2-4-8)9(19)20/h1-4H,5-6H2,(H,19,20)(H2,17,18,21,22). The number of alkyl halides is 3. The van der Waals surface area contributed by atoms with Gasteiger partial charge in [-0.05, 0) is 24.1 Å². The second-order valence-electron chi connectivity index (χ2n) is 4.81. The van der Waals surface area contributed by atoms with Crippen LogP contribution in [0.3, 0.4) is 0 Å². The molecule has 1 atom stereocenters. The zero-order chi connectivity index (χ0) is 16.5. The van der Waals surface area contributed by atoms with Crippen LogP contribution < -0.4 is 10.6 Å². The van der Waals surface area contributed by atoms with Crippen molar-refractivity contribution < 1.29 is 32.7 Å². The van der Waals surface area contributed by atoms with E-state index in [1.807, 2.05) is 5.32 Å². The van der Waals surface area contributed by atoms with Crippen molar-refractivity contribution in [2.45, 2.75) is 24.6 Å². The van der Waals surface area contributed by atoms with E-state index in [0.717, 1.165) is 12.1 Å². The molecule has 1 aliphatic heterocycles. The van der Waals surface area contributed by atoms with Gasteiger partial charge < -0.3 is 10.4 Å². The quantitative estimate of drug-likeness (QED) is 0.738. The van der Waals surface area contributed by atoms with Gasteiger partial charge >= 0.3 is 18.2 Å². The molecule has 1 aromatic carbocycles. The van der Waals surface area contributed by atoms with Gasteiger partial charge in [0.05, 0.1) is 5.56 Å². The van der Waals surface area contributed by atoms with E-state index in [1.165, 1.54) is 12.1 Å². The number of rotatable bonds is 4. The Labute approximate surface area is 122 Å². The molecule has 3 amide bonds. The van der Waals surface area contributed by atoms with Gasteiger partial charge in [0.25, 0.3) is 5.91 Å². The van der Waals surface area contributed by atoms with Crippen molar-refractivity contribution in [2.75, 3.05) is 0 Å². The van der Waals surface area contributed by atoms with E-state index in [9.17, 15) is 27.6 Å². The van der Waals surface area contributed by atoms with Crippen LogP contribution in [-0.2, 0) is 10.3 Å². The Morgan fingerprint density at radius 2 is 1.77 bits per heavy atom. The summed E-state index contributed by atoms with van der Waals surface area (Å²) in [6, 6.07) is 3.85. The number of aromatic carboxylic acids is 1. The molecule has 0 bridgehead atoms. The van der Waals surface area contributed by atoms with Crippen LogP contribution in [0.25, 0.3) is 0 Å². The summed E-state index contributed by atoms with van der Waals surface area (Å²) in [6.45, 7) is 0. The number of carboxylic acid groups (broad SMARTS) is 1. The molecule has 0 aromatic heterocycles. The largest absolute Gasteiger partial charge is 0.478 e. The van der Waals surface area contributed by atoms with Gasteiger partial charge in [0.15, 0.2) is 0 Å². The maximum Gasteiger partial charge on any atom is 0.389 e. The number of hydrogen-bond acceptors (Lipinski definition) is 3. The maximum atomic E-state index is 12.5. The molecule has 0 radical (unpaired) electrons. The average Bonchev–Trinajstić information content (AvgIpc) is 2.71. The van der Waals surface area contributed by atoms with Crippen LogP contribution in [0.4, 0.5) is 18.0 Å². The Bertz CT molecular complexity index is 627. The van der Waals surface area contributed by atoms with Crippen LogP contribution in [0.1, 0.15) is 28.8 Å². The van der Waals surface area contributed by atoms with Crippen LogP contribution in [-0.4, -0.2) is 29.2 Å². The lowest BCUT2D eigenvalue weighted by Crippen LogP contribution is -2.44. The molecular formula is C13H11F3N2O4. The van der Waals surface area contributed by atoms with Gasteiger partial charge in [-0.1, -0.05) is 12.1 Å². The number of carbonyl (C=O) groups is 3. The summed E-state index contributed by atoms with van der Waals surface area (Å²) in [6.07, 6.45) is -6.45. The molecule has 0 spiro atoms. The van der Waals surface area contributed by atoms with Gasteiger partial charge in [0.2, 0.25) is 0 Å². The zero-order valence-electron chi connectivity index (χ0n) is 11.0. The van der Waals surface area contributed by atoms with Crippen molar-refractivity contribution in [2.24, 2.45) is 0 Å². The second-order valence-corrected chi connectivity index (χ2v) is 4.81. The number of halogens is 3. The van der Waals surface area contributed by atoms with Gasteiger partial charge in [0.1, 0.15) is 5.54 Å². The normalized spacial score (nSPS) is 21.4. The maximum absolute atomic E-state index is 12.5. The lowest BCUT2D eigenvalue weighted by atomic mass is 9.85. The fourth-order valence-electron chi connectivity index (χ4n) is 2.24. The van der Waals surface area contributed by atoms with Crippen molar-refractivity contribution in [3.8, 4) is 0 Å². The van der Waals surface area contributed by atoms with Gasteiger partial charge in [-0.15, -0.1) is 0 Å². The number of hydrogen-bond donors (Lipinski definition) is 3. The highest BCUT2D eigenvalue weighted by molar-refractivity contribution is 6.07. The topological polar surface area (TPSA) is 95.5 Å². The molecule has 2 rings (SSSR count). The Hall–Kier alpha value is -2.58. The average molecular weight is 316 g/mol. The van der Waals surface area contributed by atoms with Crippen molar-refractivity contribution >= 4 is 17.9 Å². The molecular weight excluding hydrogens is 305 g/mol. The fourth-order valence-corrected chi connectivity index (χ4v) is 2.24. The van der Waals surface area contributed by atoms with Crippen molar-refractivity contribution in [3.05, 3.63) is 35.4 Å². The van der Waals surface area contributed by atoms with Crippen molar-refractivity contribution in [1.82, 2.24) is 10.6 Å². The minimum atomic E-state index is -4.50. The lowest BCUT2D eigenvalue weighted by Gasteiger charge is -2.27. The van der Waals surface area contributed by atoms with E-state index < -0.39 is 42.5 Å². The Kier molecular flexibility index (Phi) is 3.82. The highest BCUT2D eigenvalue weighted by Gasteiger charge is 2.49. The number of carbonyl (C=O) groups excluding carboxylic acids is 2. The highest BCUT2D eigenvalue weighted by Crippen LogP contribution is 2.34. The smallest absolute Gasteiger partial charge is 0.389 e. The molecule has 22 heavy (non-hydrogen) atoms. The molecule has 6 nitrogen and oxygen atoms in total. The molecule has 9 heteroatoms. The van der Waals surface area contributed by atoms with Gasteiger partial charge in [-0.3, -0.25) is 10.1 Å². The third-order valence-corrected chi connectivity index (χ3v) is 3.35. The van der Waals surface area contributed by atoms with Crippen LogP contribution >= 0.6 is 0 Å². The van der Waals surface area contributed by atoms with Crippen molar-refractivity contribution in [1.29, 1.82) is 0 Å². The van der Waals surface area contributed by atoms with E-state index in [2.05, 4.69) is 5.32 Å². The van der Waals surface area contributed by atoms with Crippen LogP contribution in [0.15, 0.2) is 24.3 Å². The zero-order valence-corrected chi connectivity index (χ0v) is 11.0. The van der Waals surface area contributed by atoms with Crippen molar-refractivity contribution in [3.63, 3.8) is 0 Å². The second kappa shape index (κ2) is 5.32. The number of urea groups is 1. The summed E-state index contributed by atoms with van der Waals surface area (Å²) in [5.74, 6) is -2.11. The summed E-state index contributed by atoms with van der Waals surface area (Å²) < 4.78 is 37.4. The molecule has 1 heterocycles. The highest BCUT2D eigenvalue weighted by atomic mass is 19.4. The predicted molar refractivity (Wildman–Crippen MR) is 67.0 cm³/mol. The number of amides is 3.